The summed E-state index contributed by atoms with van der Waals surface area (Å²) in [7, 11) is 1.66. The number of carbonyl (C=O) groups is 2. The third kappa shape index (κ3) is 4.57. The zero-order valence-electron chi connectivity index (χ0n) is 17.3. The van der Waals surface area contributed by atoms with Crippen LogP contribution in [0, 0.1) is 0 Å². The van der Waals surface area contributed by atoms with E-state index in [0.717, 1.165) is 30.4 Å². The van der Waals surface area contributed by atoms with Crippen molar-refractivity contribution in [3.05, 3.63) is 35.4 Å². The monoisotopic (exact) mass is 386 g/mol. The molecule has 1 N–H and O–H groups in total. The molecule has 0 radical (unpaired) electrons. The number of methoxy groups -OCH3 is 1. The molecule has 1 aliphatic heterocycles. The van der Waals surface area contributed by atoms with Crippen LogP contribution in [0.4, 0.5) is 0 Å². The van der Waals surface area contributed by atoms with Crippen LogP contribution in [0.25, 0.3) is 0 Å². The molecule has 1 fully saturated rings. The lowest BCUT2D eigenvalue weighted by atomic mass is 9.82. The lowest BCUT2D eigenvalue weighted by Gasteiger charge is -2.44. The molecular formula is C23H34N2O3. The first kappa shape index (κ1) is 20.8. The summed E-state index contributed by atoms with van der Waals surface area (Å²) >= 11 is 0. The van der Waals surface area contributed by atoms with Gasteiger partial charge in [-0.25, -0.2) is 0 Å². The fraction of sp³-hybridized carbons (Fsp3) is 0.652. The summed E-state index contributed by atoms with van der Waals surface area (Å²) < 4.78 is 5.17. The predicted molar refractivity (Wildman–Crippen MR) is 110 cm³/mol. The number of amides is 2. The minimum Gasteiger partial charge on any atom is -0.385 e. The fourth-order valence-electron chi connectivity index (χ4n) is 4.58. The molecule has 2 amide bonds. The van der Waals surface area contributed by atoms with E-state index >= 15 is 0 Å². The fourth-order valence-corrected chi connectivity index (χ4v) is 4.58. The maximum absolute atomic E-state index is 13.4. The Bertz CT molecular complexity index is 682. The minimum atomic E-state index is -0.860. The summed E-state index contributed by atoms with van der Waals surface area (Å²) in [6, 6.07) is 7.90. The largest absolute Gasteiger partial charge is 0.385 e. The number of benzene rings is 1. The van der Waals surface area contributed by atoms with Gasteiger partial charge in [-0.1, -0.05) is 50.3 Å². The van der Waals surface area contributed by atoms with Gasteiger partial charge in [-0.3, -0.25) is 9.59 Å². The van der Waals surface area contributed by atoms with E-state index in [2.05, 4.69) is 5.32 Å². The number of rotatable bonds is 6. The Morgan fingerprint density at radius 2 is 1.86 bits per heavy atom. The summed E-state index contributed by atoms with van der Waals surface area (Å²) in [5.41, 5.74) is 0.823. The summed E-state index contributed by atoms with van der Waals surface area (Å²) in [5, 5.41) is 3.30. The van der Waals surface area contributed by atoms with Crippen LogP contribution in [0.1, 0.15) is 74.2 Å². The first-order chi connectivity index (χ1) is 13.6. The highest BCUT2D eigenvalue weighted by Gasteiger charge is 2.46. The van der Waals surface area contributed by atoms with Gasteiger partial charge < -0.3 is 15.0 Å². The van der Waals surface area contributed by atoms with Gasteiger partial charge in [-0.2, -0.15) is 0 Å². The van der Waals surface area contributed by atoms with Gasteiger partial charge in [0.1, 0.15) is 5.54 Å². The lowest BCUT2D eigenvalue weighted by Crippen LogP contribution is -2.63. The molecule has 0 saturated heterocycles. The molecule has 1 atom stereocenters. The Morgan fingerprint density at radius 3 is 2.57 bits per heavy atom. The third-order valence-electron chi connectivity index (χ3n) is 6.28. The minimum absolute atomic E-state index is 0.0154. The van der Waals surface area contributed by atoms with Crippen molar-refractivity contribution in [2.45, 2.75) is 76.3 Å². The first-order valence-corrected chi connectivity index (χ1v) is 10.8. The van der Waals surface area contributed by atoms with Gasteiger partial charge in [0.25, 0.3) is 5.91 Å². The van der Waals surface area contributed by atoms with Crippen LogP contribution in [0.15, 0.2) is 24.3 Å². The van der Waals surface area contributed by atoms with Crippen molar-refractivity contribution in [2.75, 3.05) is 20.3 Å². The Balaban J connectivity index is 1.81. The standard InChI is InChI=1S/C23H34N2O3/c1-23(22(27)24-19-12-6-4-3-5-7-13-19)17-18-11-8-9-14-20(18)21(26)25(23)15-10-16-28-2/h8-9,11,14,19H,3-7,10,12-13,15-17H2,1-2H3,(H,24,27)/t23-/m1/s1. The van der Waals surface area contributed by atoms with Crippen LogP contribution < -0.4 is 5.32 Å². The molecule has 154 valence electrons. The van der Waals surface area contributed by atoms with Crippen molar-refractivity contribution in [1.82, 2.24) is 10.2 Å². The lowest BCUT2D eigenvalue weighted by molar-refractivity contribution is -0.132. The van der Waals surface area contributed by atoms with Gasteiger partial charge in [-0.05, 0) is 37.8 Å². The summed E-state index contributed by atoms with van der Waals surface area (Å²) in [5.74, 6) is -0.0633. The molecule has 28 heavy (non-hydrogen) atoms. The van der Waals surface area contributed by atoms with E-state index in [4.69, 9.17) is 4.74 Å². The van der Waals surface area contributed by atoms with Crippen LogP contribution in [-0.2, 0) is 16.0 Å². The summed E-state index contributed by atoms with van der Waals surface area (Å²) in [6.45, 7) is 3.02. The third-order valence-corrected chi connectivity index (χ3v) is 6.28. The molecule has 5 heteroatoms. The van der Waals surface area contributed by atoms with Crippen molar-refractivity contribution in [1.29, 1.82) is 0 Å². The molecule has 1 heterocycles. The van der Waals surface area contributed by atoms with E-state index in [-0.39, 0.29) is 17.9 Å². The maximum Gasteiger partial charge on any atom is 0.255 e. The highest BCUT2D eigenvalue weighted by atomic mass is 16.5. The zero-order chi connectivity index (χ0) is 20.0. The van der Waals surface area contributed by atoms with E-state index in [1.54, 1.807) is 12.0 Å². The molecule has 0 spiro atoms. The maximum atomic E-state index is 13.4. The molecule has 2 aliphatic rings. The normalized spacial score (nSPS) is 23.6. The van der Waals surface area contributed by atoms with E-state index in [9.17, 15) is 9.59 Å². The SMILES string of the molecule is COCCCN1C(=O)c2ccccc2C[C@]1(C)C(=O)NC1CCCCCCC1. The van der Waals surface area contributed by atoms with Crippen molar-refractivity contribution < 1.29 is 14.3 Å². The van der Waals surface area contributed by atoms with Crippen LogP contribution in [0.3, 0.4) is 0 Å². The van der Waals surface area contributed by atoms with Crippen LogP contribution in [0.2, 0.25) is 0 Å². The van der Waals surface area contributed by atoms with E-state index in [0.29, 0.717) is 19.6 Å². The summed E-state index contributed by atoms with van der Waals surface area (Å²) in [6.07, 6.45) is 9.49. The summed E-state index contributed by atoms with van der Waals surface area (Å²) in [4.78, 5) is 28.4. The number of carbonyl (C=O) groups excluding carboxylic acids is 2. The molecule has 0 unspecified atom stereocenters. The smallest absolute Gasteiger partial charge is 0.255 e. The topological polar surface area (TPSA) is 58.6 Å². The van der Waals surface area contributed by atoms with Crippen LogP contribution >= 0.6 is 0 Å². The second kappa shape index (κ2) is 9.55. The van der Waals surface area contributed by atoms with E-state index in [1.807, 2.05) is 31.2 Å². The van der Waals surface area contributed by atoms with Gasteiger partial charge in [0.05, 0.1) is 0 Å². The molecule has 1 saturated carbocycles. The van der Waals surface area contributed by atoms with Crippen molar-refractivity contribution in [3.63, 3.8) is 0 Å². The number of nitrogens with one attached hydrogen (secondary N) is 1. The Kier molecular flexibility index (Phi) is 7.11. The Labute approximate surface area is 168 Å². The highest BCUT2D eigenvalue weighted by molar-refractivity contribution is 6.02. The van der Waals surface area contributed by atoms with Gasteiger partial charge >= 0.3 is 0 Å². The molecule has 5 nitrogen and oxygen atoms in total. The van der Waals surface area contributed by atoms with Gasteiger partial charge in [0, 0.05) is 38.3 Å². The van der Waals surface area contributed by atoms with Gasteiger partial charge in [-0.15, -0.1) is 0 Å². The predicted octanol–water partition coefficient (Wildman–Crippen LogP) is 3.71. The second-order valence-electron chi connectivity index (χ2n) is 8.43. The number of fused-ring (bicyclic) bond motifs is 1. The molecular weight excluding hydrogens is 352 g/mol. The zero-order valence-corrected chi connectivity index (χ0v) is 17.3. The quantitative estimate of drug-likeness (QED) is 0.758. The molecule has 3 rings (SSSR count). The van der Waals surface area contributed by atoms with E-state index < -0.39 is 5.54 Å². The number of hydrogen-bond donors (Lipinski definition) is 1. The second-order valence-corrected chi connectivity index (χ2v) is 8.43. The first-order valence-electron chi connectivity index (χ1n) is 10.8. The number of hydrogen-bond acceptors (Lipinski definition) is 3. The highest BCUT2D eigenvalue weighted by Crippen LogP contribution is 2.32. The Hall–Kier alpha value is -1.88. The van der Waals surface area contributed by atoms with Crippen LogP contribution in [-0.4, -0.2) is 48.6 Å². The molecule has 1 aliphatic carbocycles. The number of ether oxygens (including phenoxy) is 1. The van der Waals surface area contributed by atoms with E-state index in [1.165, 1.54) is 32.1 Å². The van der Waals surface area contributed by atoms with Gasteiger partial charge in [0.15, 0.2) is 0 Å². The van der Waals surface area contributed by atoms with Crippen molar-refractivity contribution >= 4 is 11.8 Å². The molecule has 1 aromatic carbocycles. The molecule has 0 aromatic heterocycles. The number of nitrogens with zero attached hydrogens (tertiary/aromatic N) is 1. The van der Waals surface area contributed by atoms with Crippen molar-refractivity contribution in [2.24, 2.45) is 0 Å². The molecule has 1 aromatic rings. The average molecular weight is 387 g/mol. The van der Waals surface area contributed by atoms with Crippen LogP contribution in [0.5, 0.6) is 0 Å². The van der Waals surface area contributed by atoms with Crippen molar-refractivity contribution in [3.8, 4) is 0 Å². The average Bonchev–Trinajstić information content (AvgIpc) is 2.66. The Morgan fingerprint density at radius 1 is 1.18 bits per heavy atom. The molecule has 0 bridgehead atoms. The van der Waals surface area contributed by atoms with Gasteiger partial charge in [0.2, 0.25) is 5.91 Å².